The minimum absolute atomic E-state index is 0.449. The van der Waals surface area contributed by atoms with Crippen molar-refractivity contribution in [2.45, 2.75) is 58.1 Å². The molecule has 1 aliphatic heterocycles. The van der Waals surface area contributed by atoms with Crippen LogP contribution in [0.5, 0.6) is 0 Å². The van der Waals surface area contributed by atoms with Gasteiger partial charge in [0.1, 0.15) is 0 Å². The Hall–Kier alpha value is -0.860. The Morgan fingerprint density at radius 2 is 2.11 bits per heavy atom. The lowest BCUT2D eigenvalue weighted by Crippen LogP contribution is -2.23. The van der Waals surface area contributed by atoms with E-state index in [1.807, 2.05) is 0 Å². The zero-order valence-electron chi connectivity index (χ0n) is 12.5. The Labute approximate surface area is 117 Å². The molecule has 0 saturated carbocycles. The molecular formula is C17H27NO. The zero-order chi connectivity index (χ0) is 13.7. The summed E-state index contributed by atoms with van der Waals surface area (Å²) in [5, 5.41) is 3.45. The van der Waals surface area contributed by atoms with Crippen molar-refractivity contribution in [3.8, 4) is 0 Å². The molecule has 0 spiro atoms. The summed E-state index contributed by atoms with van der Waals surface area (Å²) < 4.78 is 5.82. The maximum atomic E-state index is 5.82. The van der Waals surface area contributed by atoms with E-state index in [0.717, 1.165) is 13.0 Å². The molecule has 2 atom stereocenters. The highest BCUT2D eigenvalue weighted by atomic mass is 16.5. The molecule has 2 nitrogen and oxygen atoms in total. The Morgan fingerprint density at radius 3 is 2.74 bits per heavy atom. The zero-order valence-corrected chi connectivity index (χ0v) is 12.5. The van der Waals surface area contributed by atoms with Gasteiger partial charge in [-0.3, -0.25) is 0 Å². The van der Waals surface area contributed by atoms with Crippen LogP contribution in [0.2, 0.25) is 0 Å². The number of benzene rings is 1. The third-order valence-electron chi connectivity index (χ3n) is 4.33. The molecule has 2 heteroatoms. The number of hydrogen-bond acceptors (Lipinski definition) is 2. The largest absolute Gasteiger partial charge is 0.378 e. The van der Waals surface area contributed by atoms with E-state index in [0.29, 0.717) is 12.1 Å². The predicted molar refractivity (Wildman–Crippen MR) is 80.5 cm³/mol. The molecule has 0 bridgehead atoms. The average Bonchev–Trinajstić information content (AvgIpc) is 2.44. The molecule has 1 fully saturated rings. The molecule has 1 aromatic carbocycles. The van der Waals surface area contributed by atoms with Gasteiger partial charge in [0.05, 0.1) is 6.10 Å². The van der Waals surface area contributed by atoms with Crippen molar-refractivity contribution in [1.29, 1.82) is 0 Å². The lowest BCUT2D eigenvalue weighted by molar-refractivity contribution is 0.00866. The van der Waals surface area contributed by atoms with Gasteiger partial charge in [-0.2, -0.15) is 0 Å². The smallest absolute Gasteiger partial charge is 0.0575 e. The van der Waals surface area contributed by atoms with Crippen molar-refractivity contribution in [2.75, 3.05) is 13.7 Å². The molecular weight excluding hydrogens is 234 g/mol. The van der Waals surface area contributed by atoms with Crippen molar-refractivity contribution >= 4 is 0 Å². The molecule has 1 saturated heterocycles. The van der Waals surface area contributed by atoms with E-state index >= 15 is 0 Å². The summed E-state index contributed by atoms with van der Waals surface area (Å²) >= 11 is 0. The molecule has 1 heterocycles. The number of rotatable bonds is 5. The molecule has 1 aromatic rings. The number of ether oxygens (including phenoxy) is 1. The lowest BCUT2D eigenvalue weighted by Gasteiger charge is -2.25. The fourth-order valence-electron chi connectivity index (χ4n) is 2.85. The summed E-state index contributed by atoms with van der Waals surface area (Å²) in [5.41, 5.74) is 4.15. The van der Waals surface area contributed by atoms with Gasteiger partial charge in [-0.05, 0) is 69.7 Å². The number of aryl methyl sites for hydroxylation is 2. The molecule has 0 aromatic heterocycles. The first-order chi connectivity index (χ1) is 9.20. The van der Waals surface area contributed by atoms with Crippen molar-refractivity contribution in [1.82, 2.24) is 5.32 Å². The van der Waals surface area contributed by atoms with E-state index in [4.69, 9.17) is 4.74 Å². The summed E-state index contributed by atoms with van der Waals surface area (Å²) in [6.07, 6.45) is 6.61. The summed E-state index contributed by atoms with van der Waals surface area (Å²) in [6.45, 7) is 5.32. The lowest BCUT2D eigenvalue weighted by atomic mass is 9.95. The Kier molecular flexibility index (Phi) is 5.41. The molecule has 0 amide bonds. The van der Waals surface area contributed by atoms with E-state index in [1.165, 1.54) is 42.4 Å². The van der Waals surface area contributed by atoms with E-state index in [9.17, 15) is 0 Å². The van der Waals surface area contributed by atoms with Gasteiger partial charge in [0.15, 0.2) is 0 Å². The second kappa shape index (κ2) is 7.06. The topological polar surface area (TPSA) is 21.3 Å². The van der Waals surface area contributed by atoms with Gasteiger partial charge in [-0.15, -0.1) is 0 Å². The van der Waals surface area contributed by atoms with Crippen LogP contribution in [0.15, 0.2) is 18.2 Å². The van der Waals surface area contributed by atoms with Gasteiger partial charge >= 0.3 is 0 Å². The van der Waals surface area contributed by atoms with E-state index in [-0.39, 0.29) is 0 Å². The molecule has 106 valence electrons. The van der Waals surface area contributed by atoms with Crippen molar-refractivity contribution in [2.24, 2.45) is 0 Å². The highest BCUT2D eigenvalue weighted by Gasteiger charge is 2.17. The highest BCUT2D eigenvalue weighted by molar-refractivity contribution is 5.31. The van der Waals surface area contributed by atoms with E-state index < -0.39 is 0 Å². The van der Waals surface area contributed by atoms with Gasteiger partial charge in [0, 0.05) is 12.6 Å². The molecule has 19 heavy (non-hydrogen) atoms. The van der Waals surface area contributed by atoms with Gasteiger partial charge in [0.25, 0.3) is 0 Å². The van der Waals surface area contributed by atoms with Crippen molar-refractivity contribution in [3.05, 3.63) is 34.9 Å². The first kappa shape index (κ1) is 14.5. The van der Waals surface area contributed by atoms with E-state index in [2.05, 4.69) is 44.4 Å². The van der Waals surface area contributed by atoms with Gasteiger partial charge in [-0.1, -0.05) is 18.2 Å². The Morgan fingerprint density at radius 1 is 1.26 bits per heavy atom. The number of nitrogens with one attached hydrogen (secondary N) is 1. The SMILES string of the molecule is CNC(CCC1CCCCO1)c1ccc(C)c(C)c1. The van der Waals surface area contributed by atoms with Crippen LogP contribution in [0.4, 0.5) is 0 Å². The minimum Gasteiger partial charge on any atom is -0.378 e. The monoisotopic (exact) mass is 261 g/mol. The van der Waals surface area contributed by atoms with Crippen LogP contribution < -0.4 is 5.32 Å². The molecule has 1 N–H and O–H groups in total. The van der Waals surface area contributed by atoms with Crippen molar-refractivity contribution < 1.29 is 4.74 Å². The van der Waals surface area contributed by atoms with E-state index in [1.54, 1.807) is 0 Å². The normalized spacial score (nSPS) is 21.3. The van der Waals surface area contributed by atoms with Crippen LogP contribution in [0.3, 0.4) is 0 Å². The standard InChI is InChI=1S/C17H27NO/c1-13-7-8-15(12-14(13)2)17(18-3)10-9-16-6-4-5-11-19-16/h7-8,12,16-18H,4-6,9-11H2,1-3H3. The fraction of sp³-hybridized carbons (Fsp3) is 0.647. The van der Waals surface area contributed by atoms with Crippen LogP contribution in [-0.4, -0.2) is 19.8 Å². The quantitative estimate of drug-likeness (QED) is 0.867. The second-order valence-electron chi connectivity index (χ2n) is 5.75. The maximum Gasteiger partial charge on any atom is 0.0575 e. The van der Waals surface area contributed by atoms with Crippen LogP contribution in [0.1, 0.15) is 54.8 Å². The van der Waals surface area contributed by atoms with Crippen LogP contribution in [0, 0.1) is 13.8 Å². The van der Waals surface area contributed by atoms with Crippen molar-refractivity contribution in [3.63, 3.8) is 0 Å². The summed E-state index contributed by atoms with van der Waals surface area (Å²) in [7, 11) is 2.06. The third-order valence-corrected chi connectivity index (χ3v) is 4.33. The summed E-state index contributed by atoms with van der Waals surface area (Å²) in [5.74, 6) is 0. The van der Waals surface area contributed by atoms with Gasteiger partial charge in [-0.25, -0.2) is 0 Å². The minimum atomic E-state index is 0.449. The maximum absolute atomic E-state index is 5.82. The Balaban J connectivity index is 1.93. The van der Waals surface area contributed by atoms with Crippen LogP contribution >= 0.6 is 0 Å². The number of hydrogen-bond donors (Lipinski definition) is 1. The Bertz CT molecular complexity index is 396. The van der Waals surface area contributed by atoms with Gasteiger partial charge < -0.3 is 10.1 Å². The second-order valence-corrected chi connectivity index (χ2v) is 5.75. The predicted octanol–water partition coefficient (Wildman–Crippen LogP) is 3.91. The fourth-order valence-corrected chi connectivity index (χ4v) is 2.85. The first-order valence-electron chi connectivity index (χ1n) is 7.56. The molecule has 2 rings (SSSR count). The molecule has 2 unspecified atom stereocenters. The van der Waals surface area contributed by atoms with Crippen LogP contribution in [-0.2, 0) is 4.74 Å². The van der Waals surface area contributed by atoms with Gasteiger partial charge in [0.2, 0.25) is 0 Å². The molecule has 0 aliphatic carbocycles. The highest BCUT2D eigenvalue weighted by Crippen LogP contribution is 2.24. The average molecular weight is 261 g/mol. The summed E-state index contributed by atoms with van der Waals surface area (Å²) in [6, 6.07) is 7.25. The molecule has 1 aliphatic rings. The van der Waals surface area contributed by atoms with Crippen LogP contribution in [0.25, 0.3) is 0 Å². The first-order valence-corrected chi connectivity index (χ1v) is 7.56. The summed E-state index contributed by atoms with van der Waals surface area (Å²) in [4.78, 5) is 0. The molecule has 0 radical (unpaired) electrons. The third kappa shape index (κ3) is 4.05.